The van der Waals surface area contributed by atoms with E-state index < -0.39 is 5.97 Å². The molecule has 1 atom stereocenters. The SMILES string of the molecule is Cc1ccsc1C(=O)OCC(=O)N[C@H](Cc1ccccc1)c1ccccc1. The summed E-state index contributed by atoms with van der Waals surface area (Å²) in [6, 6.07) is 21.4. The summed E-state index contributed by atoms with van der Waals surface area (Å²) in [4.78, 5) is 25.0. The molecule has 0 saturated carbocycles. The predicted molar refractivity (Wildman–Crippen MR) is 107 cm³/mol. The highest BCUT2D eigenvalue weighted by atomic mass is 32.1. The molecule has 138 valence electrons. The Morgan fingerprint density at radius 1 is 1.00 bits per heavy atom. The first-order valence-corrected chi connectivity index (χ1v) is 9.61. The van der Waals surface area contributed by atoms with Crippen molar-refractivity contribution in [3.8, 4) is 0 Å². The lowest BCUT2D eigenvalue weighted by atomic mass is 9.99. The number of carbonyl (C=O) groups excluding carboxylic acids is 2. The first kappa shape index (κ1) is 18.9. The molecule has 0 bridgehead atoms. The van der Waals surface area contributed by atoms with Crippen LogP contribution in [0.2, 0.25) is 0 Å². The van der Waals surface area contributed by atoms with Crippen LogP contribution in [0.15, 0.2) is 72.1 Å². The van der Waals surface area contributed by atoms with E-state index in [-0.39, 0.29) is 18.6 Å². The van der Waals surface area contributed by atoms with Gasteiger partial charge in [-0.3, -0.25) is 4.79 Å². The Balaban J connectivity index is 1.64. The fourth-order valence-corrected chi connectivity index (χ4v) is 3.62. The molecule has 1 aromatic heterocycles. The lowest BCUT2D eigenvalue weighted by Gasteiger charge is -2.19. The van der Waals surface area contributed by atoms with Crippen molar-refractivity contribution < 1.29 is 14.3 Å². The minimum Gasteiger partial charge on any atom is -0.451 e. The molecule has 3 rings (SSSR count). The van der Waals surface area contributed by atoms with Crippen LogP contribution in [0.1, 0.15) is 32.4 Å². The van der Waals surface area contributed by atoms with Crippen LogP contribution in [0.5, 0.6) is 0 Å². The summed E-state index contributed by atoms with van der Waals surface area (Å²) in [6.45, 7) is 1.55. The molecule has 5 heteroatoms. The molecular weight excluding hydrogens is 358 g/mol. The zero-order valence-electron chi connectivity index (χ0n) is 15.1. The molecular formula is C22H21NO3S. The summed E-state index contributed by atoms with van der Waals surface area (Å²) in [5.41, 5.74) is 2.99. The van der Waals surface area contributed by atoms with Crippen molar-refractivity contribution in [2.24, 2.45) is 0 Å². The number of aryl methyl sites for hydroxylation is 1. The number of rotatable bonds is 7. The van der Waals surface area contributed by atoms with Gasteiger partial charge in [0.05, 0.1) is 6.04 Å². The van der Waals surface area contributed by atoms with Crippen molar-refractivity contribution in [2.45, 2.75) is 19.4 Å². The molecule has 0 saturated heterocycles. The standard InChI is InChI=1S/C22H21NO3S/c1-16-12-13-27-21(16)22(25)26-15-20(24)23-19(18-10-6-3-7-11-18)14-17-8-4-2-5-9-17/h2-13,19H,14-15H2,1H3,(H,23,24)/t19-/m1/s1. The van der Waals surface area contributed by atoms with Gasteiger partial charge in [-0.1, -0.05) is 60.7 Å². The normalized spacial score (nSPS) is 11.6. The summed E-state index contributed by atoms with van der Waals surface area (Å²) in [7, 11) is 0. The topological polar surface area (TPSA) is 55.4 Å². The third-order valence-electron chi connectivity index (χ3n) is 4.20. The summed E-state index contributed by atoms with van der Waals surface area (Å²) >= 11 is 1.32. The number of nitrogens with one attached hydrogen (secondary N) is 1. The molecule has 0 aliphatic rings. The number of carbonyl (C=O) groups is 2. The van der Waals surface area contributed by atoms with E-state index in [2.05, 4.69) is 5.32 Å². The van der Waals surface area contributed by atoms with E-state index in [1.54, 1.807) is 0 Å². The van der Waals surface area contributed by atoms with E-state index in [9.17, 15) is 9.59 Å². The lowest BCUT2D eigenvalue weighted by molar-refractivity contribution is -0.125. The van der Waals surface area contributed by atoms with Gasteiger partial charge in [-0.15, -0.1) is 11.3 Å². The van der Waals surface area contributed by atoms with Gasteiger partial charge in [-0.25, -0.2) is 4.79 Å². The Labute approximate surface area is 162 Å². The Bertz CT molecular complexity index is 890. The van der Waals surface area contributed by atoms with E-state index >= 15 is 0 Å². The zero-order chi connectivity index (χ0) is 19.1. The highest BCUT2D eigenvalue weighted by molar-refractivity contribution is 7.12. The number of amides is 1. The predicted octanol–water partition coefficient (Wildman–Crippen LogP) is 4.31. The van der Waals surface area contributed by atoms with Crippen molar-refractivity contribution in [3.63, 3.8) is 0 Å². The Morgan fingerprint density at radius 3 is 2.30 bits per heavy atom. The number of ether oxygens (including phenoxy) is 1. The second-order valence-electron chi connectivity index (χ2n) is 6.23. The summed E-state index contributed by atoms with van der Waals surface area (Å²) in [5, 5.41) is 4.81. The van der Waals surface area contributed by atoms with Gasteiger partial charge in [-0.2, -0.15) is 0 Å². The molecule has 1 N–H and O–H groups in total. The molecule has 3 aromatic rings. The smallest absolute Gasteiger partial charge is 0.349 e. The maximum absolute atomic E-state index is 12.4. The number of hydrogen-bond donors (Lipinski definition) is 1. The van der Waals surface area contributed by atoms with Crippen LogP contribution in [0.25, 0.3) is 0 Å². The van der Waals surface area contributed by atoms with Crippen LogP contribution in [-0.2, 0) is 16.0 Å². The number of thiophene rings is 1. The van der Waals surface area contributed by atoms with Crippen molar-refractivity contribution >= 4 is 23.2 Å². The van der Waals surface area contributed by atoms with Crippen molar-refractivity contribution in [2.75, 3.05) is 6.61 Å². The molecule has 0 radical (unpaired) electrons. The number of esters is 1. The van der Waals surface area contributed by atoms with Crippen LogP contribution >= 0.6 is 11.3 Å². The van der Waals surface area contributed by atoms with Gasteiger partial charge in [-0.05, 0) is 41.5 Å². The molecule has 27 heavy (non-hydrogen) atoms. The number of benzene rings is 2. The van der Waals surface area contributed by atoms with Crippen LogP contribution in [0, 0.1) is 6.92 Å². The van der Waals surface area contributed by atoms with E-state index in [1.807, 2.05) is 79.0 Å². The van der Waals surface area contributed by atoms with Gasteiger partial charge >= 0.3 is 5.97 Å². The maximum Gasteiger partial charge on any atom is 0.349 e. The van der Waals surface area contributed by atoms with Crippen molar-refractivity contribution in [3.05, 3.63) is 93.7 Å². The largest absolute Gasteiger partial charge is 0.451 e. The minimum atomic E-state index is -0.461. The molecule has 1 amide bonds. The lowest BCUT2D eigenvalue weighted by Crippen LogP contribution is -2.33. The second-order valence-corrected chi connectivity index (χ2v) is 7.15. The second kappa shape index (κ2) is 9.14. The third-order valence-corrected chi connectivity index (χ3v) is 5.20. The molecule has 2 aromatic carbocycles. The fourth-order valence-electron chi connectivity index (χ4n) is 2.80. The first-order chi connectivity index (χ1) is 13.1. The van der Waals surface area contributed by atoms with Gasteiger partial charge in [0.1, 0.15) is 4.88 Å². The quantitative estimate of drug-likeness (QED) is 0.622. The fraction of sp³-hybridized carbons (Fsp3) is 0.182. The molecule has 0 aliphatic carbocycles. The highest BCUT2D eigenvalue weighted by Crippen LogP contribution is 2.19. The molecule has 0 aliphatic heterocycles. The summed E-state index contributed by atoms with van der Waals surface area (Å²) < 4.78 is 5.18. The monoisotopic (exact) mass is 379 g/mol. The summed E-state index contributed by atoms with van der Waals surface area (Å²) in [6.07, 6.45) is 0.661. The molecule has 4 nitrogen and oxygen atoms in total. The van der Waals surface area contributed by atoms with E-state index in [0.29, 0.717) is 11.3 Å². The van der Waals surface area contributed by atoms with Crippen LogP contribution < -0.4 is 5.32 Å². The van der Waals surface area contributed by atoms with E-state index in [0.717, 1.165) is 16.7 Å². The Morgan fingerprint density at radius 2 is 1.67 bits per heavy atom. The molecule has 0 unspecified atom stereocenters. The third kappa shape index (κ3) is 5.28. The van der Waals surface area contributed by atoms with Crippen LogP contribution in [0.4, 0.5) is 0 Å². The summed E-state index contributed by atoms with van der Waals surface area (Å²) in [5.74, 6) is -0.778. The number of hydrogen-bond acceptors (Lipinski definition) is 4. The highest BCUT2D eigenvalue weighted by Gasteiger charge is 2.18. The van der Waals surface area contributed by atoms with Gasteiger partial charge in [0.25, 0.3) is 5.91 Å². The van der Waals surface area contributed by atoms with Gasteiger partial charge < -0.3 is 10.1 Å². The first-order valence-electron chi connectivity index (χ1n) is 8.73. The average molecular weight is 379 g/mol. The van der Waals surface area contributed by atoms with Gasteiger partial charge in [0.15, 0.2) is 6.61 Å². The van der Waals surface area contributed by atoms with E-state index in [4.69, 9.17) is 4.74 Å². The average Bonchev–Trinajstić information content (AvgIpc) is 3.13. The minimum absolute atomic E-state index is 0.191. The maximum atomic E-state index is 12.4. The van der Waals surface area contributed by atoms with Crippen LogP contribution in [-0.4, -0.2) is 18.5 Å². The molecule has 0 fully saturated rings. The zero-order valence-corrected chi connectivity index (χ0v) is 15.9. The van der Waals surface area contributed by atoms with Gasteiger partial charge in [0.2, 0.25) is 0 Å². The van der Waals surface area contributed by atoms with Crippen molar-refractivity contribution in [1.29, 1.82) is 0 Å². The molecule has 0 spiro atoms. The van der Waals surface area contributed by atoms with Crippen molar-refractivity contribution in [1.82, 2.24) is 5.32 Å². The van der Waals surface area contributed by atoms with E-state index in [1.165, 1.54) is 11.3 Å². The van der Waals surface area contributed by atoms with Gasteiger partial charge in [0, 0.05) is 0 Å². The Hall–Kier alpha value is -2.92. The molecule has 1 heterocycles. The van der Waals surface area contributed by atoms with Crippen LogP contribution in [0.3, 0.4) is 0 Å². The Kier molecular flexibility index (Phi) is 6.39.